The van der Waals surface area contributed by atoms with Crippen LogP contribution in [0.4, 0.5) is 0 Å². The van der Waals surface area contributed by atoms with Crippen LogP contribution in [-0.2, 0) is 4.57 Å². The van der Waals surface area contributed by atoms with Crippen LogP contribution >= 0.6 is 14.6 Å². The van der Waals surface area contributed by atoms with E-state index in [9.17, 15) is 9.46 Å². The van der Waals surface area contributed by atoms with Crippen LogP contribution in [0.2, 0.25) is 0 Å². The topological polar surface area (TPSA) is 40.1 Å². The Balaban J connectivity index is 0.000000362. The third-order valence-electron chi connectivity index (χ3n) is 6.85. The fourth-order valence-electron chi connectivity index (χ4n) is 4.49. The van der Waals surface area contributed by atoms with Gasteiger partial charge in [-0.3, -0.25) is 0 Å². The maximum Gasteiger partial charge on any atom is 0.0720 e. The zero-order valence-corrected chi connectivity index (χ0v) is 24.9. The SMILES string of the molecule is CCCCCC[P+](C)(CCCCCC)CCCCCC.O=P([O-])(c1ccccc1)c1ccccc1. The summed E-state index contributed by atoms with van der Waals surface area (Å²) in [5.74, 6) is 0. The van der Waals surface area contributed by atoms with Gasteiger partial charge in [-0.25, -0.2) is 0 Å². The monoisotopic (exact) mass is 518 g/mol. The molecule has 0 N–H and O–H groups in total. The van der Waals surface area contributed by atoms with Crippen LogP contribution in [0.1, 0.15) is 97.8 Å². The fourth-order valence-corrected chi connectivity index (χ4v) is 9.55. The average molecular weight is 519 g/mol. The highest BCUT2D eigenvalue weighted by Crippen LogP contribution is 2.57. The van der Waals surface area contributed by atoms with Crippen LogP contribution in [-0.4, -0.2) is 25.2 Å². The van der Waals surface area contributed by atoms with Crippen molar-refractivity contribution < 1.29 is 9.46 Å². The third-order valence-corrected chi connectivity index (χ3v) is 13.0. The second-order valence-corrected chi connectivity index (χ2v) is 16.9. The van der Waals surface area contributed by atoms with Gasteiger partial charge in [-0.05, 0) is 38.5 Å². The van der Waals surface area contributed by atoms with E-state index >= 15 is 0 Å². The zero-order valence-electron chi connectivity index (χ0n) is 23.1. The van der Waals surface area contributed by atoms with Gasteiger partial charge in [0.2, 0.25) is 0 Å². The first kappa shape index (κ1) is 32.1. The molecule has 0 radical (unpaired) electrons. The van der Waals surface area contributed by atoms with Gasteiger partial charge in [0.05, 0.1) is 25.9 Å². The van der Waals surface area contributed by atoms with E-state index in [2.05, 4.69) is 27.4 Å². The van der Waals surface area contributed by atoms with Crippen molar-refractivity contribution in [2.24, 2.45) is 0 Å². The zero-order chi connectivity index (χ0) is 25.8. The molecule has 0 atom stereocenters. The predicted octanol–water partition coefficient (Wildman–Crippen LogP) is 8.65. The molecule has 0 unspecified atom stereocenters. The molecule has 0 aliphatic rings. The summed E-state index contributed by atoms with van der Waals surface area (Å²) in [4.78, 5) is 12.1. The second-order valence-electron chi connectivity index (χ2n) is 10.2. The Morgan fingerprint density at radius 2 is 0.886 bits per heavy atom. The largest absolute Gasteiger partial charge is 0.793 e. The van der Waals surface area contributed by atoms with Gasteiger partial charge < -0.3 is 9.46 Å². The second kappa shape index (κ2) is 19.2. The van der Waals surface area contributed by atoms with Crippen LogP contribution in [0, 0.1) is 0 Å². The highest BCUT2D eigenvalue weighted by molar-refractivity contribution is 7.75. The normalized spacial score (nSPS) is 11.7. The molecule has 0 bridgehead atoms. The molecule has 0 saturated heterocycles. The molecule has 198 valence electrons. The first-order valence-corrected chi connectivity index (χ1v) is 18.6. The standard InChI is InChI=1S/C19H42P.C12H11O2P/c1-5-8-11-14-17-20(4,18-15-12-9-6-2)19-16-13-10-7-3;13-15(14,11-7-3-1-4-8-11)12-9-5-2-6-10-12/h5-19H2,1-4H3;1-10H,(H,13,14)/q+1;/p-1. The lowest BCUT2D eigenvalue weighted by atomic mass is 10.2. The summed E-state index contributed by atoms with van der Waals surface area (Å²) in [6, 6.07) is 16.9. The van der Waals surface area contributed by atoms with Crippen LogP contribution in [0.3, 0.4) is 0 Å². The molecule has 2 aromatic carbocycles. The Hall–Kier alpha value is -0.940. The summed E-state index contributed by atoms with van der Waals surface area (Å²) in [7, 11) is -4.24. The van der Waals surface area contributed by atoms with E-state index in [1.807, 2.05) is 0 Å². The van der Waals surface area contributed by atoms with Crippen molar-refractivity contribution >= 4 is 25.2 Å². The minimum atomic E-state index is -3.65. The number of unbranched alkanes of at least 4 members (excludes halogenated alkanes) is 9. The molecule has 0 aromatic heterocycles. The molecule has 0 amide bonds. The highest BCUT2D eigenvalue weighted by atomic mass is 31.2. The molecule has 2 aromatic rings. The van der Waals surface area contributed by atoms with Gasteiger partial charge in [0.15, 0.2) is 0 Å². The third kappa shape index (κ3) is 13.8. The Bertz CT molecular complexity index is 717. The van der Waals surface area contributed by atoms with E-state index < -0.39 is 14.6 Å². The molecular formula is C31H52O2P2. The van der Waals surface area contributed by atoms with Gasteiger partial charge in [0.25, 0.3) is 0 Å². The van der Waals surface area contributed by atoms with Gasteiger partial charge >= 0.3 is 0 Å². The van der Waals surface area contributed by atoms with Crippen LogP contribution in [0.25, 0.3) is 0 Å². The molecule has 0 heterocycles. The van der Waals surface area contributed by atoms with Crippen molar-refractivity contribution in [1.29, 1.82) is 0 Å². The predicted molar refractivity (Wildman–Crippen MR) is 160 cm³/mol. The van der Waals surface area contributed by atoms with Gasteiger partial charge in [-0.2, -0.15) is 0 Å². The lowest BCUT2D eigenvalue weighted by Gasteiger charge is -2.23. The van der Waals surface area contributed by atoms with Crippen molar-refractivity contribution in [2.75, 3.05) is 25.2 Å². The maximum atomic E-state index is 12.1. The van der Waals surface area contributed by atoms with Crippen molar-refractivity contribution in [3.63, 3.8) is 0 Å². The molecule has 4 heteroatoms. The Labute approximate surface area is 218 Å². The molecule has 0 aliphatic heterocycles. The van der Waals surface area contributed by atoms with E-state index in [4.69, 9.17) is 0 Å². The molecule has 2 rings (SSSR count). The minimum absolute atomic E-state index is 0.358. The quantitative estimate of drug-likeness (QED) is 0.155. The van der Waals surface area contributed by atoms with Crippen molar-refractivity contribution in [2.45, 2.75) is 97.8 Å². The van der Waals surface area contributed by atoms with Crippen molar-refractivity contribution in [3.8, 4) is 0 Å². The first-order chi connectivity index (χ1) is 16.9. The van der Waals surface area contributed by atoms with Gasteiger partial charge in [-0.1, -0.05) is 120 Å². The number of rotatable bonds is 17. The molecule has 0 spiro atoms. The minimum Gasteiger partial charge on any atom is -0.793 e. The highest BCUT2D eigenvalue weighted by Gasteiger charge is 2.29. The van der Waals surface area contributed by atoms with Crippen molar-refractivity contribution in [3.05, 3.63) is 60.7 Å². The summed E-state index contributed by atoms with van der Waals surface area (Å²) in [6.45, 7) is 9.66. The fraction of sp³-hybridized carbons (Fsp3) is 0.613. The van der Waals surface area contributed by atoms with Crippen LogP contribution < -0.4 is 15.5 Å². The van der Waals surface area contributed by atoms with Crippen LogP contribution in [0.15, 0.2) is 60.7 Å². The Kier molecular flexibility index (Phi) is 17.6. The Morgan fingerprint density at radius 1 is 0.571 bits per heavy atom. The number of benzene rings is 2. The van der Waals surface area contributed by atoms with Gasteiger partial charge in [0, 0.05) is 24.5 Å². The maximum absolute atomic E-state index is 12.1. The molecule has 2 nitrogen and oxygen atoms in total. The van der Waals surface area contributed by atoms with E-state index in [1.54, 1.807) is 79.1 Å². The van der Waals surface area contributed by atoms with E-state index in [1.165, 1.54) is 77.0 Å². The van der Waals surface area contributed by atoms with E-state index in [0.717, 1.165) is 0 Å². The summed E-state index contributed by atoms with van der Waals surface area (Å²) < 4.78 is 12.1. The summed E-state index contributed by atoms with van der Waals surface area (Å²) >= 11 is 0. The Morgan fingerprint density at radius 3 is 1.17 bits per heavy atom. The number of hydrogen-bond acceptors (Lipinski definition) is 2. The molecule has 0 fully saturated rings. The molecule has 35 heavy (non-hydrogen) atoms. The average Bonchev–Trinajstić information content (AvgIpc) is 2.89. The van der Waals surface area contributed by atoms with Crippen molar-refractivity contribution in [1.82, 2.24) is 0 Å². The summed E-state index contributed by atoms with van der Waals surface area (Å²) in [6.07, 6.45) is 22.2. The van der Waals surface area contributed by atoms with Crippen LogP contribution in [0.5, 0.6) is 0 Å². The lowest BCUT2D eigenvalue weighted by molar-refractivity contribution is -0.167. The first-order valence-electron chi connectivity index (χ1n) is 14.2. The van der Waals surface area contributed by atoms with Gasteiger partial charge in [0.1, 0.15) is 0 Å². The summed E-state index contributed by atoms with van der Waals surface area (Å²) in [5, 5.41) is 0.715. The summed E-state index contributed by atoms with van der Waals surface area (Å²) in [5.41, 5.74) is 0. The van der Waals surface area contributed by atoms with E-state index in [-0.39, 0.29) is 0 Å². The van der Waals surface area contributed by atoms with E-state index in [0.29, 0.717) is 10.6 Å². The molecular weight excluding hydrogens is 466 g/mol. The van der Waals surface area contributed by atoms with Gasteiger partial charge in [-0.15, -0.1) is 0 Å². The smallest absolute Gasteiger partial charge is 0.0720 e. The molecule has 0 saturated carbocycles. The number of hydrogen-bond donors (Lipinski definition) is 0. The lowest BCUT2D eigenvalue weighted by Crippen LogP contribution is -2.24. The molecule has 0 aliphatic carbocycles.